The number of hydrogen-bond donors (Lipinski definition) is 0. The summed E-state index contributed by atoms with van der Waals surface area (Å²) in [7, 11) is 0. The van der Waals surface area contributed by atoms with Gasteiger partial charge in [-0.2, -0.15) is 0 Å². The fourth-order valence-corrected chi connectivity index (χ4v) is 5.49. The minimum absolute atomic E-state index is 0.0175. The van der Waals surface area contributed by atoms with Crippen LogP contribution < -0.4 is 9.64 Å². The Bertz CT molecular complexity index is 1160. The minimum atomic E-state index is -0.330. The van der Waals surface area contributed by atoms with Crippen LogP contribution in [0.3, 0.4) is 0 Å². The molecular weight excluding hydrogens is 482 g/mol. The van der Waals surface area contributed by atoms with Crippen LogP contribution in [0.2, 0.25) is 5.02 Å². The van der Waals surface area contributed by atoms with Gasteiger partial charge in [-0.1, -0.05) is 29.8 Å². The molecule has 3 aliphatic heterocycles. The Labute approximate surface area is 215 Å². The highest BCUT2D eigenvalue weighted by molar-refractivity contribution is 6.34. The lowest BCUT2D eigenvalue weighted by Crippen LogP contribution is -2.50. The lowest BCUT2D eigenvalue weighted by atomic mass is 10.00. The van der Waals surface area contributed by atoms with Crippen LogP contribution >= 0.6 is 11.6 Å². The summed E-state index contributed by atoms with van der Waals surface area (Å²) in [4.78, 5) is 42.6. The number of amides is 3. The molecule has 3 aliphatic rings. The Morgan fingerprint density at radius 1 is 0.972 bits per heavy atom. The summed E-state index contributed by atoms with van der Waals surface area (Å²) in [5, 5.41) is 0.356. The van der Waals surface area contributed by atoms with E-state index in [-0.39, 0.29) is 30.1 Å². The number of anilines is 1. The van der Waals surface area contributed by atoms with Gasteiger partial charge >= 0.3 is 6.09 Å². The zero-order chi connectivity index (χ0) is 25.2. The second kappa shape index (κ2) is 10.4. The summed E-state index contributed by atoms with van der Waals surface area (Å²) in [5.41, 5.74) is 2.33. The molecule has 2 aromatic rings. The molecule has 36 heavy (non-hydrogen) atoms. The maximum absolute atomic E-state index is 13.2. The van der Waals surface area contributed by atoms with Crippen molar-refractivity contribution in [1.29, 1.82) is 0 Å². The normalized spacial score (nSPS) is 19.1. The Balaban J connectivity index is 1.19. The predicted octanol–water partition coefficient (Wildman–Crippen LogP) is 4.49. The third kappa shape index (κ3) is 5.00. The molecule has 0 N–H and O–H groups in total. The second-order valence-electron chi connectivity index (χ2n) is 9.54. The van der Waals surface area contributed by atoms with Gasteiger partial charge in [0, 0.05) is 57.5 Å². The third-order valence-corrected chi connectivity index (χ3v) is 7.59. The van der Waals surface area contributed by atoms with Gasteiger partial charge in [-0.3, -0.25) is 14.5 Å². The first-order chi connectivity index (χ1) is 17.4. The quantitative estimate of drug-likeness (QED) is 0.604. The Hall–Kier alpha value is -3.26. The van der Waals surface area contributed by atoms with E-state index in [1.807, 2.05) is 29.2 Å². The first-order valence-electron chi connectivity index (χ1n) is 12.5. The maximum Gasteiger partial charge on any atom is 0.414 e. The van der Waals surface area contributed by atoms with Gasteiger partial charge in [-0.25, -0.2) is 4.79 Å². The van der Waals surface area contributed by atoms with Crippen molar-refractivity contribution in [2.75, 3.05) is 31.1 Å². The van der Waals surface area contributed by atoms with E-state index in [0.29, 0.717) is 62.0 Å². The van der Waals surface area contributed by atoms with Crippen molar-refractivity contribution in [1.82, 2.24) is 9.80 Å². The van der Waals surface area contributed by atoms with Gasteiger partial charge in [-0.05, 0) is 37.1 Å². The first kappa shape index (κ1) is 24.4. The van der Waals surface area contributed by atoms with Crippen molar-refractivity contribution in [3.63, 3.8) is 0 Å². The number of piperidine rings is 2. The number of ether oxygens (including phenoxy) is 2. The van der Waals surface area contributed by atoms with Crippen molar-refractivity contribution in [2.24, 2.45) is 0 Å². The molecule has 3 heterocycles. The third-order valence-electron chi connectivity index (χ3n) is 7.28. The SMILES string of the molecule is CC(=O)N1CCC(Oc2ccc(C(=O)N3CCC(N4C(=O)OCc5ccccc54)CC3)c(Cl)c2)CC1. The highest BCUT2D eigenvalue weighted by atomic mass is 35.5. The number of benzene rings is 2. The van der Waals surface area contributed by atoms with Gasteiger partial charge in [0.2, 0.25) is 5.91 Å². The number of hydrogen-bond acceptors (Lipinski definition) is 5. The van der Waals surface area contributed by atoms with Crippen molar-refractivity contribution >= 4 is 35.2 Å². The molecule has 190 valence electrons. The van der Waals surface area contributed by atoms with Gasteiger partial charge in [0.25, 0.3) is 5.91 Å². The molecular formula is C27H30ClN3O5. The number of nitrogens with zero attached hydrogens (tertiary/aromatic N) is 3. The van der Waals surface area contributed by atoms with E-state index in [1.54, 1.807) is 34.9 Å². The van der Waals surface area contributed by atoms with Gasteiger partial charge in [-0.15, -0.1) is 0 Å². The Morgan fingerprint density at radius 2 is 1.67 bits per heavy atom. The summed E-state index contributed by atoms with van der Waals surface area (Å²) in [6.07, 6.45) is 2.54. The smallest absolute Gasteiger partial charge is 0.414 e. The summed E-state index contributed by atoms with van der Waals surface area (Å²) >= 11 is 6.50. The fourth-order valence-electron chi connectivity index (χ4n) is 5.24. The number of carbonyl (C=O) groups excluding carboxylic acids is 3. The zero-order valence-electron chi connectivity index (χ0n) is 20.3. The molecule has 2 fully saturated rings. The number of para-hydroxylation sites is 1. The average Bonchev–Trinajstić information content (AvgIpc) is 2.89. The lowest BCUT2D eigenvalue weighted by Gasteiger charge is -2.40. The number of likely N-dealkylation sites (tertiary alicyclic amines) is 2. The molecule has 5 rings (SSSR count). The van der Waals surface area contributed by atoms with Gasteiger partial charge in [0.1, 0.15) is 18.5 Å². The molecule has 0 radical (unpaired) electrons. The molecule has 2 saturated heterocycles. The van der Waals surface area contributed by atoms with Gasteiger partial charge in [0.15, 0.2) is 0 Å². The van der Waals surface area contributed by atoms with E-state index in [1.165, 1.54) is 0 Å². The highest BCUT2D eigenvalue weighted by Gasteiger charge is 2.35. The van der Waals surface area contributed by atoms with Crippen LogP contribution in [0, 0.1) is 0 Å². The van der Waals surface area contributed by atoms with Crippen molar-refractivity contribution < 1.29 is 23.9 Å². The standard InChI is InChI=1S/C27H30ClN3O5/c1-18(32)29-14-10-21(11-15-29)36-22-6-7-23(24(28)16-22)26(33)30-12-8-20(9-13-30)31-25-5-3-2-4-19(25)17-35-27(31)34/h2-7,16,20-21H,8-15,17H2,1H3. The molecule has 3 amide bonds. The minimum Gasteiger partial charge on any atom is -0.490 e. The van der Waals surface area contributed by atoms with Crippen LogP contribution in [0.15, 0.2) is 42.5 Å². The van der Waals surface area contributed by atoms with Crippen LogP contribution in [0.1, 0.15) is 48.5 Å². The van der Waals surface area contributed by atoms with E-state index in [2.05, 4.69) is 0 Å². The van der Waals surface area contributed by atoms with Crippen LogP contribution in [-0.4, -0.2) is 66.0 Å². The molecule has 0 aromatic heterocycles. The monoisotopic (exact) mass is 511 g/mol. The molecule has 0 saturated carbocycles. The molecule has 0 atom stereocenters. The topological polar surface area (TPSA) is 79.4 Å². The number of fused-ring (bicyclic) bond motifs is 1. The summed E-state index contributed by atoms with van der Waals surface area (Å²) in [6, 6.07) is 12.9. The Kier molecular flexibility index (Phi) is 7.05. The molecule has 8 nitrogen and oxygen atoms in total. The molecule has 0 aliphatic carbocycles. The van der Waals surface area contributed by atoms with E-state index in [4.69, 9.17) is 21.1 Å². The first-order valence-corrected chi connectivity index (χ1v) is 12.8. The summed E-state index contributed by atoms with van der Waals surface area (Å²) < 4.78 is 11.4. The fraction of sp³-hybridized carbons (Fsp3) is 0.444. The number of cyclic esters (lactones) is 1. The molecule has 0 unspecified atom stereocenters. The molecule has 9 heteroatoms. The second-order valence-corrected chi connectivity index (χ2v) is 9.95. The van der Waals surface area contributed by atoms with Crippen molar-refractivity contribution in [3.8, 4) is 5.75 Å². The zero-order valence-corrected chi connectivity index (χ0v) is 21.1. The van der Waals surface area contributed by atoms with Gasteiger partial charge < -0.3 is 19.3 Å². The van der Waals surface area contributed by atoms with Crippen LogP contribution in [0.25, 0.3) is 0 Å². The van der Waals surface area contributed by atoms with E-state index in [0.717, 1.165) is 24.1 Å². The molecule has 0 bridgehead atoms. The molecule has 0 spiro atoms. The number of halogens is 1. The van der Waals surface area contributed by atoms with Gasteiger partial charge in [0.05, 0.1) is 16.3 Å². The van der Waals surface area contributed by atoms with E-state index >= 15 is 0 Å². The maximum atomic E-state index is 13.2. The van der Waals surface area contributed by atoms with Crippen LogP contribution in [-0.2, 0) is 16.1 Å². The van der Waals surface area contributed by atoms with Crippen LogP contribution in [0.5, 0.6) is 5.75 Å². The average molecular weight is 512 g/mol. The largest absolute Gasteiger partial charge is 0.490 e. The summed E-state index contributed by atoms with van der Waals surface area (Å²) in [6.45, 7) is 4.29. The van der Waals surface area contributed by atoms with E-state index < -0.39 is 0 Å². The lowest BCUT2D eigenvalue weighted by molar-refractivity contribution is -0.130. The van der Waals surface area contributed by atoms with Crippen molar-refractivity contribution in [3.05, 3.63) is 58.6 Å². The molecule has 2 aromatic carbocycles. The number of carbonyl (C=O) groups is 3. The van der Waals surface area contributed by atoms with E-state index in [9.17, 15) is 14.4 Å². The summed E-state index contributed by atoms with van der Waals surface area (Å²) in [5.74, 6) is 0.587. The van der Waals surface area contributed by atoms with Crippen LogP contribution in [0.4, 0.5) is 10.5 Å². The predicted molar refractivity (Wildman–Crippen MR) is 135 cm³/mol. The Morgan fingerprint density at radius 3 is 2.36 bits per heavy atom. The number of rotatable bonds is 4. The highest BCUT2D eigenvalue weighted by Crippen LogP contribution is 2.33. The van der Waals surface area contributed by atoms with Crippen molar-refractivity contribution in [2.45, 2.75) is 51.4 Å².